The summed E-state index contributed by atoms with van der Waals surface area (Å²) in [7, 11) is 1.30. The lowest BCUT2D eigenvalue weighted by Crippen LogP contribution is -2.24. The van der Waals surface area contributed by atoms with Crippen LogP contribution in [0, 0.1) is 6.92 Å². The van der Waals surface area contributed by atoms with Gasteiger partial charge >= 0.3 is 5.97 Å². The van der Waals surface area contributed by atoms with Crippen LogP contribution in [0.15, 0.2) is 46.6 Å². The quantitative estimate of drug-likeness (QED) is 0.548. The van der Waals surface area contributed by atoms with Crippen LogP contribution in [0.4, 0.5) is 0 Å². The van der Waals surface area contributed by atoms with E-state index in [1.807, 2.05) is 24.3 Å². The Balaban J connectivity index is 1.91. The van der Waals surface area contributed by atoms with E-state index in [4.69, 9.17) is 9.47 Å². The van der Waals surface area contributed by atoms with Crippen LogP contribution in [0.25, 0.3) is 6.08 Å². The van der Waals surface area contributed by atoms with Crippen molar-refractivity contribution in [1.29, 1.82) is 0 Å². The Labute approximate surface area is 159 Å². The van der Waals surface area contributed by atoms with Gasteiger partial charge in [-0.3, -0.25) is 4.79 Å². The van der Waals surface area contributed by atoms with E-state index >= 15 is 0 Å². The zero-order valence-electron chi connectivity index (χ0n) is 14.5. The zero-order chi connectivity index (χ0) is 18.8. The first kappa shape index (κ1) is 18.2. The van der Waals surface area contributed by atoms with Gasteiger partial charge in [-0.25, -0.2) is 4.79 Å². The summed E-state index contributed by atoms with van der Waals surface area (Å²) in [6.45, 7) is 3.40. The topological polar surface area (TPSA) is 61.8 Å². The van der Waals surface area contributed by atoms with Crippen LogP contribution < -0.4 is 9.47 Å². The van der Waals surface area contributed by atoms with Gasteiger partial charge in [0.25, 0.3) is 0 Å². The molecule has 0 bridgehead atoms. The van der Waals surface area contributed by atoms with Gasteiger partial charge < -0.3 is 14.2 Å². The van der Waals surface area contributed by atoms with Crippen molar-refractivity contribution in [2.75, 3.05) is 7.11 Å². The second-order valence-electron chi connectivity index (χ2n) is 5.86. The largest absolute Gasteiger partial charge is 0.479 e. The van der Waals surface area contributed by atoms with Crippen LogP contribution in [-0.2, 0) is 9.53 Å². The predicted molar refractivity (Wildman–Crippen MR) is 100 cm³/mol. The van der Waals surface area contributed by atoms with Gasteiger partial charge in [-0.1, -0.05) is 34.1 Å². The molecule has 134 valence electrons. The third kappa shape index (κ3) is 3.51. The van der Waals surface area contributed by atoms with Crippen LogP contribution >= 0.6 is 15.9 Å². The monoisotopic (exact) mass is 416 g/mol. The summed E-state index contributed by atoms with van der Waals surface area (Å²) in [5, 5.41) is 0. The Morgan fingerprint density at radius 3 is 2.69 bits per heavy atom. The molecule has 3 rings (SSSR count). The van der Waals surface area contributed by atoms with Crippen LogP contribution in [-0.4, -0.2) is 25.0 Å². The molecule has 0 aliphatic carbocycles. The molecule has 1 heterocycles. The van der Waals surface area contributed by atoms with E-state index in [1.54, 1.807) is 32.1 Å². The lowest BCUT2D eigenvalue weighted by atomic mass is 10.0. The normalized spacial score (nSPS) is 15.4. The van der Waals surface area contributed by atoms with Crippen molar-refractivity contribution in [3.05, 3.63) is 63.3 Å². The van der Waals surface area contributed by atoms with Gasteiger partial charge in [0, 0.05) is 10.5 Å². The summed E-state index contributed by atoms with van der Waals surface area (Å²) < 4.78 is 16.9. The SMILES string of the molecule is COC(=O)C(C)Oc1cc(C)c2c(c1)O/C(=C\c1ccccc1Br)C2=O. The van der Waals surface area contributed by atoms with Crippen molar-refractivity contribution in [1.82, 2.24) is 0 Å². The highest BCUT2D eigenvalue weighted by molar-refractivity contribution is 9.10. The fourth-order valence-electron chi connectivity index (χ4n) is 2.70. The fourth-order valence-corrected chi connectivity index (χ4v) is 3.10. The standard InChI is InChI=1S/C20H17BrO5/c1-11-8-14(25-12(2)20(23)24-3)10-16-18(11)19(22)17(26-16)9-13-6-4-5-7-15(13)21/h4-10,12H,1-3H3/b17-9-. The molecule has 0 radical (unpaired) electrons. The molecule has 0 saturated heterocycles. The number of ketones is 1. The van der Waals surface area contributed by atoms with Crippen molar-refractivity contribution < 1.29 is 23.8 Å². The average molecular weight is 417 g/mol. The molecule has 2 aromatic carbocycles. The molecule has 0 N–H and O–H groups in total. The van der Waals surface area contributed by atoms with E-state index in [0.29, 0.717) is 17.1 Å². The van der Waals surface area contributed by atoms with E-state index in [2.05, 4.69) is 20.7 Å². The minimum Gasteiger partial charge on any atom is -0.479 e. The molecule has 1 aliphatic rings. The van der Waals surface area contributed by atoms with E-state index in [-0.39, 0.29) is 11.5 Å². The van der Waals surface area contributed by atoms with E-state index in [0.717, 1.165) is 15.6 Å². The molecule has 0 saturated carbocycles. The van der Waals surface area contributed by atoms with Gasteiger partial charge in [0.15, 0.2) is 11.9 Å². The van der Waals surface area contributed by atoms with E-state index in [1.165, 1.54) is 7.11 Å². The average Bonchev–Trinajstić information content (AvgIpc) is 2.92. The smallest absolute Gasteiger partial charge is 0.346 e. The van der Waals surface area contributed by atoms with Crippen molar-refractivity contribution in [3.8, 4) is 11.5 Å². The molecule has 0 amide bonds. The number of hydrogen-bond donors (Lipinski definition) is 0. The molecular weight excluding hydrogens is 400 g/mol. The molecule has 1 atom stereocenters. The molecule has 2 aromatic rings. The van der Waals surface area contributed by atoms with E-state index < -0.39 is 12.1 Å². The van der Waals surface area contributed by atoms with Gasteiger partial charge in [-0.05, 0) is 43.2 Å². The Hall–Kier alpha value is -2.60. The molecule has 5 nitrogen and oxygen atoms in total. The van der Waals surface area contributed by atoms with Gasteiger partial charge in [0.05, 0.1) is 12.7 Å². The lowest BCUT2D eigenvalue weighted by Gasteiger charge is -2.13. The maximum absolute atomic E-state index is 12.7. The predicted octanol–water partition coefficient (Wildman–Crippen LogP) is 4.31. The number of carbonyl (C=O) groups is 2. The number of fused-ring (bicyclic) bond motifs is 1. The zero-order valence-corrected chi connectivity index (χ0v) is 16.1. The number of ether oxygens (including phenoxy) is 3. The number of benzene rings is 2. The first-order valence-corrected chi connectivity index (χ1v) is 8.78. The van der Waals surface area contributed by atoms with Crippen molar-refractivity contribution in [2.24, 2.45) is 0 Å². The number of allylic oxidation sites excluding steroid dienone is 1. The Morgan fingerprint density at radius 2 is 2.00 bits per heavy atom. The number of halogens is 1. The second kappa shape index (κ2) is 7.33. The first-order chi connectivity index (χ1) is 12.4. The summed E-state index contributed by atoms with van der Waals surface area (Å²) in [5.41, 5.74) is 2.06. The number of rotatable bonds is 4. The van der Waals surface area contributed by atoms with Gasteiger partial charge in [0.1, 0.15) is 11.5 Å². The van der Waals surface area contributed by atoms with Gasteiger partial charge in [0.2, 0.25) is 5.78 Å². The van der Waals surface area contributed by atoms with Crippen molar-refractivity contribution >= 4 is 33.8 Å². The number of methoxy groups -OCH3 is 1. The number of carbonyl (C=O) groups excluding carboxylic acids is 2. The van der Waals surface area contributed by atoms with Crippen LogP contribution in [0.3, 0.4) is 0 Å². The summed E-state index contributed by atoms with van der Waals surface area (Å²) in [6.07, 6.45) is 0.938. The van der Waals surface area contributed by atoms with Gasteiger partial charge in [-0.2, -0.15) is 0 Å². The molecule has 26 heavy (non-hydrogen) atoms. The lowest BCUT2D eigenvalue weighted by molar-refractivity contribution is -0.147. The molecule has 0 fully saturated rings. The Kier molecular flexibility index (Phi) is 5.13. The molecular formula is C20H17BrO5. The minimum atomic E-state index is -0.759. The Bertz CT molecular complexity index is 916. The van der Waals surface area contributed by atoms with Gasteiger partial charge in [-0.15, -0.1) is 0 Å². The number of esters is 1. The number of aryl methyl sites for hydroxylation is 1. The molecule has 1 aliphatic heterocycles. The molecule has 0 aromatic heterocycles. The highest BCUT2D eigenvalue weighted by Gasteiger charge is 2.30. The summed E-state index contributed by atoms with van der Waals surface area (Å²) >= 11 is 3.46. The van der Waals surface area contributed by atoms with Crippen LogP contribution in [0.5, 0.6) is 11.5 Å². The Morgan fingerprint density at radius 1 is 1.27 bits per heavy atom. The van der Waals surface area contributed by atoms with Crippen LogP contribution in [0.1, 0.15) is 28.4 Å². The second-order valence-corrected chi connectivity index (χ2v) is 6.71. The minimum absolute atomic E-state index is 0.180. The summed E-state index contributed by atoms with van der Waals surface area (Å²) in [6, 6.07) is 10.9. The molecule has 0 spiro atoms. The first-order valence-electron chi connectivity index (χ1n) is 7.98. The van der Waals surface area contributed by atoms with Crippen molar-refractivity contribution in [2.45, 2.75) is 20.0 Å². The third-order valence-corrected chi connectivity index (χ3v) is 4.70. The summed E-state index contributed by atoms with van der Waals surface area (Å²) in [4.78, 5) is 24.2. The van der Waals surface area contributed by atoms with E-state index in [9.17, 15) is 9.59 Å². The highest BCUT2D eigenvalue weighted by atomic mass is 79.9. The molecule has 6 heteroatoms. The third-order valence-electron chi connectivity index (χ3n) is 3.98. The fraction of sp³-hybridized carbons (Fsp3) is 0.200. The number of Topliss-reactive ketones (excluding diaryl/α,β-unsaturated/α-hetero) is 1. The van der Waals surface area contributed by atoms with Crippen LogP contribution in [0.2, 0.25) is 0 Å². The highest BCUT2D eigenvalue weighted by Crippen LogP contribution is 2.38. The van der Waals surface area contributed by atoms with Crippen molar-refractivity contribution in [3.63, 3.8) is 0 Å². The summed E-state index contributed by atoms with van der Waals surface area (Å²) in [5.74, 6) is 0.443. The number of hydrogen-bond acceptors (Lipinski definition) is 5. The maximum atomic E-state index is 12.7. The molecule has 1 unspecified atom stereocenters. The maximum Gasteiger partial charge on any atom is 0.346 e.